The summed E-state index contributed by atoms with van der Waals surface area (Å²) >= 11 is 0. The van der Waals surface area contributed by atoms with Gasteiger partial charge in [-0.15, -0.1) is 0 Å². The smallest absolute Gasteiger partial charge is 0.119 e. The quantitative estimate of drug-likeness (QED) is 0.734. The molecule has 23 heavy (non-hydrogen) atoms. The predicted octanol–water partition coefficient (Wildman–Crippen LogP) is 4.82. The highest BCUT2D eigenvalue weighted by molar-refractivity contribution is 5.58. The largest absolute Gasteiger partial charge is 0.497 e. The molecule has 0 N–H and O–H groups in total. The highest BCUT2D eigenvalue weighted by atomic mass is 16.5. The lowest BCUT2D eigenvalue weighted by molar-refractivity contribution is 0.176. The number of fused-ring (bicyclic) bond motifs is 2. The topological polar surface area (TPSA) is 9.23 Å². The van der Waals surface area contributed by atoms with Crippen LogP contribution in [0.1, 0.15) is 47.1 Å². The van der Waals surface area contributed by atoms with Crippen molar-refractivity contribution in [3.63, 3.8) is 0 Å². The minimum absolute atomic E-state index is 0.267. The van der Waals surface area contributed by atoms with Gasteiger partial charge in [0.2, 0.25) is 0 Å². The monoisotopic (exact) mass is 304 g/mol. The van der Waals surface area contributed by atoms with E-state index in [1.54, 1.807) is 29.4 Å². The van der Waals surface area contributed by atoms with Gasteiger partial charge in [0.1, 0.15) is 5.75 Å². The fourth-order valence-corrected chi connectivity index (χ4v) is 5.98. The molecule has 1 heteroatoms. The molecule has 5 rings (SSSR count). The van der Waals surface area contributed by atoms with E-state index in [9.17, 15) is 0 Å². The van der Waals surface area contributed by atoms with Gasteiger partial charge in [-0.1, -0.05) is 36.2 Å². The first-order chi connectivity index (χ1) is 11.2. The molecule has 0 saturated heterocycles. The highest BCUT2D eigenvalue weighted by Gasteiger charge is 2.57. The third kappa shape index (κ3) is 1.63. The summed E-state index contributed by atoms with van der Waals surface area (Å²) in [5.41, 5.74) is 8.05. The summed E-state index contributed by atoms with van der Waals surface area (Å²) in [5, 5.41) is 0. The molecule has 3 atom stereocenters. The van der Waals surface area contributed by atoms with Gasteiger partial charge in [-0.3, -0.25) is 0 Å². The van der Waals surface area contributed by atoms with E-state index in [4.69, 9.17) is 4.74 Å². The molecule has 0 heterocycles. The zero-order valence-electron chi connectivity index (χ0n) is 14.1. The predicted molar refractivity (Wildman–Crippen MR) is 93.2 cm³/mol. The Morgan fingerprint density at radius 2 is 1.57 bits per heavy atom. The maximum Gasteiger partial charge on any atom is 0.119 e. The zero-order valence-corrected chi connectivity index (χ0v) is 14.1. The number of hydrogen-bond donors (Lipinski definition) is 0. The van der Waals surface area contributed by atoms with Crippen molar-refractivity contribution in [2.45, 2.75) is 44.4 Å². The van der Waals surface area contributed by atoms with E-state index in [2.05, 4.69) is 43.3 Å². The van der Waals surface area contributed by atoms with Crippen LogP contribution < -0.4 is 4.74 Å². The number of ether oxygens (including phenoxy) is 1. The second-order valence-electron chi connectivity index (χ2n) is 7.79. The Balaban J connectivity index is 1.81. The molecule has 0 radical (unpaired) electrons. The van der Waals surface area contributed by atoms with Crippen LogP contribution in [0.2, 0.25) is 0 Å². The SMILES string of the molecule is COc1ccc2c(c1)[C@@]13c4cc(C)ccc4C[C@@H]1CCC[C@H]3C2. The number of benzene rings is 2. The van der Waals surface area contributed by atoms with Crippen LogP contribution in [0.25, 0.3) is 0 Å². The van der Waals surface area contributed by atoms with E-state index in [1.807, 2.05) is 0 Å². The summed E-state index contributed by atoms with van der Waals surface area (Å²) in [6.45, 7) is 2.24. The van der Waals surface area contributed by atoms with Crippen LogP contribution in [0.5, 0.6) is 5.75 Å². The Labute approximate surface area is 138 Å². The maximum atomic E-state index is 5.58. The van der Waals surface area contributed by atoms with Crippen molar-refractivity contribution in [1.29, 1.82) is 0 Å². The first-order valence-electron chi connectivity index (χ1n) is 9.01. The molecule has 3 aliphatic carbocycles. The summed E-state index contributed by atoms with van der Waals surface area (Å²) in [6, 6.07) is 14.0. The number of aryl methyl sites for hydroxylation is 1. The maximum absolute atomic E-state index is 5.58. The van der Waals surface area contributed by atoms with Crippen LogP contribution >= 0.6 is 0 Å². The third-order valence-corrected chi connectivity index (χ3v) is 6.80. The van der Waals surface area contributed by atoms with E-state index in [-0.39, 0.29) is 5.41 Å². The number of methoxy groups -OCH3 is 1. The van der Waals surface area contributed by atoms with Crippen LogP contribution in [0.15, 0.2) is 36.4 Å². The van der Waals surface area contributed by atoms with Crippen molar-refractivity contribution < 1.29 is 4.74 Å². The Kier molecular flexibility index (Phi) is 2.75. The molecule has 2 aromatic carbocycles. The van der Waals surface area contributed by atoms with Gasteiger partial charge in [0.05, 0.1) is 7.11 Å². The summed E-state index contributed by atoms with van der Waals surface area (Å²) in [5.74, 6) is 2.59. The van der Waals surface area contributed by atoms with Crippen molar-refractivity contribution in [3.8, 4) is 5.75 Å². The summed E-state index contributed by atoms with van der Waals surface area (Å²) in [6.07, 6.45) is 6.67. The molecular formula is C22H24O. The number of rotatable bonds is 1. The lowest BCUT2D eigenvalue weighted by Gasteiger charge is -2.43. The van der Waals surface area contributed by atoms with Gasteiger partial charge in [0.15, 0.2) is 0 Å². The Hall–Kier alpha value is -1.76. The van der Waals surface area contributed by atoms with Crippen LogP contribution in [-0.4, -0.2) is 7.11 Å². The van der Waals surface area contributed by atoms with Gasteiger partial charge in [-0.05, 0) is 78.8 Å². The number of hydrogen-bond acceptors (Lipinski definition) is 1. The first-order valence-corrected chi connectivity index (χ1v) is 9.01. The average molecular weight is 304 g/mol. The van der Waals surface area contributed by atoms with E-state index in [1.165, 1.54) is 37.7 Å². The van der Waals surface area contributed by atoms with Crippen LogP contribution in [0, 0.1) is 18.8 Å². The van der Waals surface area contributed by atoms with E-state index < -0.39 is 0 Å². The molecule has 1 saturated carbocycles. The van der Waals surface area contributed by atoms with Crippen molar-refractivity contribution in [2.75, 3.05) is 7.11 Å². The van der Waals surface area contributed by atoms with Crippen molar-refractivity contribution in [2.24, 2.45) is 11.8 Å². The first kappa shape index (κ1) is 13.7. The Morgan fingerprint density at radius 3 is 2.26 bits per heavy atom. The fourth-order valence-electron chi connectivity index (χ4n) is 5.98. The van der Waals surface area contributed by atoms with Crippen molar-refractivity contribution >= 4 is 0 Å². The molecule has 118 valence electrons. The van der Waals surface area contributed by atoms with Crippen molar-refractivity contribution in [1.82, 2.24) is 0 Å². The molecular weight excluding hydrogens is 280 g/mol. The molecule has 1 nitrogen and oxygen atoms in total. The lowest BCUT2D eigenvalue weighted by atomic mass is 9.59. The molecule has 3 aliphatic rings. The zero-order chi connectivity index (χ0) is 15.6. The van der Waals surface area contributed by atoms with E-state index >= 15 is 0 Å². The van der Waals surface area contributed by atoms with Gasteiger partial charge >= 0.3 is 0 Å². The van der Waals surface area contributed by atoms with E-state index in [0.717, 1.165) is 17.6 Å². The normalized spacial score (nSPS) is 30.3. The van der Waals surface area contributed by atoms with Crippen molar-refractivity contribution in [3.05, 3.63) is 64.2 Å². The van der Waals surface area contributed by atoms with Gasteiger partial charge in [0, 0.05) is 5.41 Å². The minimum Gasteiger partial charge on any atom is -0.497 e. The second kappa shape index (κ2) is 4.63. The highest BCUT2D eigenvalue weighted by Crippen LogP contribution is 2.63. The van der Waals surface area contributed by atoms with Crippen LogP contribution in [0.4, 0.5) is 0 Å². The molecule has 0 aliphatic heterocycles. The molecule has 0 aromatic heterocycles. The third-order valence-electron chi connectivity index (χ3n) is 6.80. The fraction of sp³-hybridized carbons (Fsp3) is 0.455. The molecule has 1 fully saturated rings. The minimum atomic E-state index is 0.267. The van der Waals surface area contributed by atoms with Gasteiger partial charge in [-0.2, -0.15) is 0 Å². The summed E-state index contributed by atoms with van der Waals surface area (Å²) in [7, 11) is 1.79. The molecule has 0 bridgehead atoms. The summed E-state index contributed by atoms with van der Waals surface area (Å²) < 4.78 is 5.58. The Bertz CT molecular complexity index is 783. The van der Waals surface area contributed by atoms with Crippen LogP contribution in [0.3, 0.4) is 0 Å². The molecule has 0 amide bonds. The summed E-state index contributed by atoms with van der Waals surface area (Å²) in [4.78, 5) is 0. The van der Waals surface area contributed by atoms with Gasteiger partial charge in [-0.25, -0.2) is 0 Å². The Morgan fingerprint density at radius 1 is 0.913 bits per heavy atom. The lowest BCUT2D eigenvalue weighted by Crippen LogP contribution is -2.41. The van der Waals surface area contributed by atoms with Gasteiger partial charge < -0.3 is 4.74 Å². The average Bonchev–Trinajstić information content (AvgIpc) is 3.08. The van der Waals surface area contributed by atoms with Crippen LogP contribution in [-0.2, 0) is 18.3 Å². The molecule has 1 spiro atoms. The van der Waals surface area contributed by atoms with Gasteiger partial charge in [0.25, 0.3) is 0 Å². The standard InChI is InChI=1S/C22H24O/c1-14-6-7-15-11-17-4-3-5-18-12-16-8-9-19(23-2)13-21(16)22(17,18)20(15)10-14/h6-10,13,17-18H,3-5,11-12H2,1-2H3/t17-,18-,22-/m0/s1. The van der Waals surface area contributed by atoms with E-state index in [0.29, 0.717) is 0 Å². The molecule has 0 unspecified atom stereocenters. The molecule has 2 aromatic rings. The second-order valence-corrected chi connectivity index (χ2v) is 7.79.